The Morgan fingerprint density at radius 2 is 1.65 bits per heavy atom. The third-order valence-electron chi connectivity index (χ3n) is 2.70. The molecule has 88 valence electrons. The molecule has 1 heterocycles. The van der Waals surface area contributed by atoms with Gasteiger partial charge in [0.2, 0.25) is 5.88 Å². The van der Waals surface area contributed by atoms with Gasteiger partial charge in [-0.1, -0.05) is 45.0 Å². The average Bonchev–Trinajstić information content (AvgIpc) is 2.28. The van der Waals surface area contributed by atoms with Crippen LogP contribution in [0.1, 0.15) is 26.3 Å². The number of benzene rings is 1. The van der Waals surface area contributed by atoms with Crippen LogP contribution in [0.25, 0.3) is 11.3 Å². The fraction of sp³-hybridized carbons (Fsp3) is 0.286. The van der Waals surface area contributed by atoms with Crippen LogP contribution < -0.4 is 0 Å². The highest BCUT2D eigenvalue weighted by molar-refractivity contribution is 5.60. The molecule has 0 saturated carbocycles. The van der Waals surface area contributed by atoms with Crippen LogP contribution in [0.4, 0.5) is 0 Å². The Bertz CT molecular complexity index is 512. The molecule has 0 saturated heterocycles. The van der Waals surface area contributed by atoms with Gasteiger partial charge in [0.05, 0.1) is 5.69 Å². The molecule has 0 fully saturated rings. The fourth-order valence-corrected chi connectivity index (χ4v) is 1.65. The van der Waals surface area contributed by atoms with Gasteiger partial charge in [0.15, 0.2) is 0 Å². The number of aromatic nitrogens is 2. The molecule has 0 unspecified atom stereocenters. The van der Waals surface area contributed by atoms with Gasteiger partial charge < -0.3 is 5.11 Å². The second-order valence-corrected chi connectivity index (χ2v) is 5.09. The van der Waals surface area contributed by atoms with Crippen molar-refractivity contribution in [3.63, 3.8) is 0 Å². The minimum atomic E-state index is -0.00472. The molecule has 0 aliphatic heterocycles. The van der Waals surface area contributed by atoms with Gasteiger partial charge in [-0.3, -0.25) is 0 Å². The van der Waals surface area contributed by atoms with Crippen molar-refractivity contribution < 1.29 is 5.11 Å². The quantitative estimate of drug-likeness (QED) is 0.815. The van der Waals surface area contributed by atoms with Crippen LogP contribution >= 0.6 is 0 Å². The summed E-state index contributed by atoms with van der Waals surface area (Å²) in [4.78, 5) is 7.80. The molecule has 3 nitrogen and oxygen atoms in total. The lowest BCUT2D eigenvalue weighted by Crippen LogP contribution is -2.10. The average molecular weight is 228 g/mol. The van der Waals surface area contributed by atoms with Crippen molar-refractivity contribution in [3.8, 4) is 17.1 Å². The molecule has 1 aromatic carbocycles. The zero-order valence-electron chi connectivity index (χ0n) is 10.3. The van der Waals surface area contributed by atoms with Crippen molar-refractivity contribution in [2.75, 3.05) is 0 Å². The van der Waals surface area contributed by atoms with E-state index >= 15 is 0 Å². The second kappa shape index (κ2) is 4.17. The standard InChI is InChI=1S/C14H16N2O/c1-14(2,3)11-6-4-10(5-7-11)12-8-13(17)16-9-15-12/h4-9H,1-3H3,(H,15,16,17). The maximum atomic E-state index is 9.31. The summed E-state index contributed by atoms with van der Waals surface area (Å²) >= 11 is 0. The Hall–Kier alpha value is -1.90. The van der Waals surface area contributed by atoms with E-state index in [9.17, 15) is 5.11 Å². The lowest BCUT2D eigenvalue weighted by atomic mass is 9.86. The molecular weight excluding hydrogens is 212 g/mol. The van der Waals surface area contributed by atoms with Gasteiger partial charge in [0.1, 0.15) is 6.33 Å². The topological polar surface area (TPSA) is 46.0 Å². The lowest BCUT2D eigenvalue weighted by molar-refractivity contribution is 0.452. The Labute approximate surface area is 101 Å². The van der Waals surface area contributed by atoms with E-state index in [2.05, 4.69) is 42.9 Å². The van der Waals surface area contributed by atoms with E-state index in [1.807, 2.05) is 12.1 Å². The van der Waals surface area contributed by atoms with E-state index in [0.717, 1.165) is 11.3 Å². The molecule has 0 aliphatic carbocycles. The monoisotopic (exact) mass is 228 g/mol. The second-order valence-electron chi connectivity index (χ2n) is 5.09. The predicted octanol–water partition coefficient (Wildman–Crippen LogP) is 3.15. The Kier molecular flexibility index (Phi) is 2.84. The van der Waals surface area contributed by atoms with Crippen LogP contribution in [-0.4, -0.2) is 15.1 Å². The van der Waals surface area contributed by atoms with E-state index in [0.29, 0.717) is 0 Å². The van der Waals surface area contributed by atoms with Gasteiger partial charge in [-0.25, -0.2) is 9.97 Å². The molecule has 0 bridgehead atoms. The molecule has 0 aliphatic rings. The Morgan fingerprint density at radius 3 is 2.18 bits per heavy atom. The first-order valence-electron chi connectivity index (χ1n) is 5.59. The number of rotatable bonds is 1. The summed E-state index contributed by atoms with van der Waals surface area (Å²) in [6, 6.07) is 9.78. The SMILES string of the molecule is CC(C)(C)c1ccc(-c2cc(O)ncn2)cc1. The fourth-order valence-electron chi connectivity index (χ4n) is 1.65. The minimum absolute atomic E-state index is 0.00472. The van der Waals surface area contributed by atoms with Gasteiger partial charge in [-0.2, -0.15) is 0 Å². The highest BCUT2D eigenvalue weighted by Gasteiger charge is 2.13. The van der Waals surface area contributed by atoms with Crippen LogP contribution in [0.3, 0.4) is 0 Å². The van der Waals surface area contributed by atoms with Crippen LogP contribution in [0.5, 0.6) is 5.88 Å². The van der Waals surface area contributed by atoms with Crippen molar-refractivity contribution in [2.45, 2.75) is 26.2 Å². The summed E-state index contributed by atoms with van der Waals surface area (Å²) in [5, 5.41) is 9.31. The van der Waals surface area contributed by atoms with Gasteiger partial charge in [-0.15, -0.1) is 0 Å². The van der Waals surface area contributed by atoms with Gasteiger partial charge >= 0.3 is 0 Å². The van der Waals surface area contributed by atoms with Gasteiger partial charge in [0.25, 0.3) is 0 Å². The van der Waals surface area contributed by atoms with Crippen molar-refractivity contribution in [2.24, 2.45) is 0 Å². The number of nitrogens with zero attached hydrogens (tertiary/aromatic N) is 2. The van der Waals surface area contributed by atoms with Crippen LogP contribution in [0, 0.1) is 0 Å². The van der Waals surface area contributed by atoms with Crippen molar-refractivity contribution in [1.82, 2.24) is 9.97 Å². The third-order valence-corrected chi connectivity index (χ3v) is 2.70. The number of aromatic hydroxyl groups is 1. The predicted molar refractivity (Wildman–Crippen MR) is 67.8 cm³/mol. The number of hydrogen-bond donors (Lipinski definition) is 1. The summed E-state index contributed by atoms with van der Waals surface area (Å²) < 4.78 is 0. The van der Waals surface area contributed by atoms with Crippen LogP contribution in [0.15, 0.2) is 36.7 Å². The molecule has 0 radical (unpaired) electrons. The number of hydrogen-bond acceptors (Lipinski definition) is 3. The van der Waals surface area contributed by atoms with E-state index in [-0.39, 0.29) is 11.3 Å². The van der Waals surface area contributed by atoms with E-state index in [1.54, 1.807) is 6.07 Å². The lowest BCUT2D eigenvalue weighted by Gasteiger charge is -2.19. The zero-order valence-corrected chi connectivity index (χ0v) is 10.3. The first kappa shape index (κ1) is 11.6. The van der Waals surface area contributed by atoms with E-state index in [4.69, 9.17) is 0 Å². The molecule has 17 heavy (non-hydrogen) atoms. The maximum Gasteiger partial charge on any atom is 0.214 e. The van der Waals surface area contributed by atoms with Crippen molar-refractivity contribution in [1.29, 1.82) is 0 Å². The highest BCUT2D eigenvalue weighted by atomic mass is 16.3. The van der Waals surface area contributed by atoms with Crippen LogP contribution in [-0.2, 0) is 5.41 Å². The van der Waals surface area contributed by atoms with E-state index in [1.165, 1.54) is 11.9 Å². The van der Waals surface area contributed by atoms with Crippen molar-refractivity contribution in [3.05, 3.63) is 42.2 Å². The zero-order chi connectivity index (χ0) is 12.5. The Balaban J connectivity index is 2.36. The molecule has 3 heteroatoms. The molecular formula is C14H16N2O. The molecule has 0 spiro atoms. The molecule has 2 aromatic rings. The normalized spacial score (nSPS) is 11.5. The van der Waals surface area contributed by atoms with Gasteiger partial charge in [0, 0.05) is 11.6 Å². The Morgan fingerprint density at radius 1 is 1.00 bits per heavy atom. The third kappa shape index (κ3) is 2.61. The maximum absolute atomic E-state index is 9.31. The summed E-state index contributed by atoms with van der Waals surface area (Å²) in [6.07, 6.45) is 1.36. The first-order valence-corrected chi connectivity index (χ1v) is 5.59. The van der Waals surface area contributed by atoms with E-state index < -0.39 is 0 Å². The summed E-state index contributed by atoms with van der Waals surface area (Å²) in [5.41, 5.74) is 3.14. The molecule has 0 atom stereocenters. The summed E-state index contributed by atoms with van der Waals surface area (Å²) in [5.74, 6) is -0.00472. The largest absolute Gasteiger partial charge is 0.493 e. The summed E-state index contributed by atoms with van der Waals surface area (Å²) in [6.45, 7) is 6.54. The minimum Gasteiger partial charge on any atom is -0.493 e. The molecule has 1 N–H and O–H groups in total. The van der Waals surface area contributed by atoms with Gasteiger partial charge in [-0.05, 0) is 11.0 Å². The molecule has 2 rings (SSSR count). The summed E-state index contributed by atoms with van der Waals surface area (Å²) in [7, 11) is 0. The highest BCUT2D eigenvalue weighted by Crippen LogP contribution is 2.25. The van der Waals surface area contributed by atoms with Crippen LogP contribution in [0.2, 0.25) is 0 Å². The molecule has 0 amide bonds. The smallest absolute Gasteiger partial charge is 0.214 e. The first-order chi connectivity index (χ1) is 7.97. The molecule has 1 aromatic heterocycles. The van der Waals surface area contributed by atoms with Crippen molar-refractivity contribution >= 4 is 0 Å².